The zero-order valence-electron chi connectivity index (χ0n) is 15.7. The number of halogens is 1. The van der Waals surface area contributed by atoms with Gasteiger partial charge in [-0.25, -0.2) is 9.37 Å². The molecule has 2 heterocycles. The van der Waals surface area contributed by atoms with Crippen LogP contribution in [0.5, 0.6) is 0 Å². The number of hydrogen-bond acceptors (Lipinski definition) is 3. The van der Waals surface area contributed by atoms with Gasteiger partial charge >= 0.3 is 0 Å². The Bertz CT molecular complexity index is 840. The number of nitrogens with zero attached hydrogens (tertiary/aromatic N) is 3. The molecule has 7 heteroatoms. The molecule has 3 rings (SSSR count). The molecule has 0 radical (unpaired) electrons. The lowest BCUT2D eigenvalue weighted by Crippen LogP contribution is -2.43. The zero-order valence-corrected chi connectivity index (χ0v) is 15.7. The van der Waals surface area contributed by atoms with Crippen molar-refractivity contribution in [2.45, 2.75) is 39.2 Å². The highest BCUT2D eigenvalue weighted by molar-refractivity contribution is 5.89. The lowest BCUT2D eigenvalue weighted by molar-refractivity contribution is -0.134. The molecular formula is C19H25FN4O2. The van der Waals surface area contributed by atoms with E-state index in [4.69, 9.17) is 0 Å². The number of H-pyrrole nitrogens is 1. The van der Waals surface area contributed by atoms with Crippen LogP contribution in [-0.2, 0) is 16.0 Å². The summed E-state index contributed by atoms with van der Waals surface area (Å²) in [6, 6.07) is 4.41. The minimum absolute atomic E-state index is 0.0211. The Hall–Kier alpha value is -2.44. The fourth-order valence-corrected chi connectivity index (χ4v) is 3.37. The predicted molar refractivity (Wildman–Crippen MR) is 97.0 cm³/mol. The number of aromatic amines is 1. The lowest BCUT2D eigenvalue weighted by Gasteiger charge is -2.32. The van der Waals surface area contributed by atoms with Gasteiger partial charge in [0.15, 0.2) is 0 Å². The molecule has 0 spiro atoms. The van der Waals surface area contributed by atoms with Gasteiger partial charge in [-0.3, -0.25) is 9.59 Å². The molecule has 140 valence electrons. The summed E-state index contributed by atoms with van der Waals surface area (Å²) in [5, 5.41) is 0. The summed E-state index contributed by atoms with van der Waals surface area (Å²) in [4.78, 5) is 35.8. The Kier molecular flexibility index (Phi) is 4.73. The van der Waals surface area contributed by atoms with Crippen LogP contribution >= 0.6 is 0 Å². The molecule has 0 saturated carbocycles. The smallest absolute Gasteiger partial charge is 0.227 e. The highest BCUT2D eigenvalue weighted by Crippen LogP contribution is 2.26. The van der Waals surface area contributed by atoms with E-state index in [-0.39, 0.29) is 35.5 Å². The third-order valence-corrected chi connectivity index (χ3v) is 4.84. The maximum absolute atomic E-state index is 13.3. The van der Waals surface area contributed by atoms with E-state index in [0.717, 1.165) is 0 Å². The second-order valence-electron chi connectivity index (χ2n) is 7.93. The molecule has 0 aliphatic carbocycles. The van der Waals surface area contributed by atoms with Crippen LogP contribution in [-0.4, -0.2) is 57.3 Å². The number of likely N-dealkylation sites (tertiary alicyclic amines) is 1. The molecule has 0 unspecified atom stereocenters. The van der Waals surface area contributed by atoms with Crippen LogP contribution in [0.15, 0.2) is 18.2 Å². The molecule has 1 N–H and O–H groups in total. The second-order valence-corrected chi connectivity index (χ2v) is 7.93. The van der Waals surface area contributed by atoms with E-state index >= 15 is 0 Å². The van der Waals surface area contributed by atoms with E-state index in [1.165, 1.54) is 12.1 Å². The van der Waals surface area contributed by atoms with Crippen LogP contribution in [0.4, 0.5) is 4.39 Å². The van der Waals surface area contributed by atoms with E-state index in [9.17, 15) is 14.0 Å². The molecule has 2 amide bonds. The number of carbonyl (C=O) groups is 2. The van der Waals surface area contributed by atoms with E-state index in [1.807, 2.05) is 20.8 Å². The number of aromatic nitrogens is 2. The lowest BCUT2D eigenvalue weighted by atomic mass is 10.1. The summed E-state index contributed by atoms with van der Waals surface area (Å²) < 4.78 is 13.3. The molecule has 1 aliphatic rings. The summed E-state index contributed by atoms with van der Waals surface area (Å²) in [5.41, 5.74) is 1.09. The van der Waals surface area contributed by atoms with E-state index in [0.29, 0.717) is 36.4 Å². The molecule has 6 nitrogen and oxygen atoms in total. The van der Waals surface area contributed by atoms with Gasteiger partial charge < -0.3 is 14.8 Å². The number of likely N-dealkylation sites (N-methyl/N-ethyl adjacent to an activating group) is 1. The number of rotatable bonds is 4. The van der Waals surface area contributed by atoms with Gasteiger partial charge in [0.25, 0.3) is 0 Å². The molecular weight excluding hydrogens is 335 g/mol. The summed E-state index contributed by atoms with van der Waals surface area (Å²) in [5.74, 6) is 0.116. The predicted octanol–water partition coefficient (Wildman–Crippen LogP) is 2.35. The minimum atomic E-state index is -0.311. The zero-order chi connectivity index (χ0) is 19.1. The van der Waals surface area contributed by atoms with Crippen LogP contribution < -0.4 is 0 Å². The van der Waals surface area contributed by atoms with Gasteiger partial charge in [-0.1, -0.05) is 0 Å². The van der Waals surface area contributed by atoms with Crippen LogP contribution in [0.2, 0.25) is 0 Å². The molecule has 1 aromatic carbocycles. The van der Waals surface area contributed by atoms with Gasteiger partial charge in [-0.2, -0.15) is 0 Å². The minimum Gasteiger partial charge on any atom is -0.345 e. The number of imidazole rings is 1. The van der Waals surface area contributed by atoms with Gasteiger partial charge in [0.2, 0.25) is 11.8 Å². The number of nitrogens with one attached hydrogen (secondary N) is 1. The van der Waals surface area contributed by atoms with E-state index in [1.54, 1.807) is 22.9 Å². The molecule has 1 saturated heterocycles. The van der Waals surface area contributed by atoms with Gasteiger partial charge in [0.05, 0.1) is 17.0 Å². The maximum atomic E-state index is 13.3. The Balaban J connectivity index is 1.60. The van der Waals surface area contributed by atoms with Crippen molar-refractivity contribution >= 4 is 22.8 Å². The monoisotopic (exact) mass is 360 g/mol. The average molecular weight is 360 g/mol. The van der Waals surface area contributed by atoms with Crippen molar-refractivity contribution in [2.75, 3.05) is 20.1 Å². The number of fused-ring (bicyclic) bond motifs is 1. The third-order valence-electron chi connectivity index (χ3n) is 4.84. The summed E-state index contributed by atoms with van der Waals surface area (Å²) >= 11 is 0. The SMILES string of the molecule is CN(CCc1nc2ccc(F)cc2[nH]1)C(=O)[C@H]1CC(=O)N(C(C)(C)C)C1. The molecule has 1 atom stereocenters. The standard InChI is InChI=1S/C19H25FN4O2/c1-19(2,3)24-11-12(9-17(24)25)18(26)23(4)8-7-16-21-14-6-5-13(20)10-15(14)22-16/h5-6,10,12H,7-9,11H2,1-4H3,(H,21,22)/t12-/m0/s1. The normalized spacial score (nSPS) is 18.0. The summed E-state index contributed by atoms with van der Waals surface area (Å²) in [6.45, 7) is 6.89. The number of benzene rings is 1. The maximum Gasteiger partial charge on any atom is 0.227 e. The van der Waals surface area contributed by atoms with Crippen molar-refractivity contribution in [1.82, 2.24) is 19.8 Å². The van der Waals surface area contributed by atoms with Crippen LogP contribution in [0.1, 0.15) is 33.0 Å². The third kappa shape index (κ3) is 3.71. The van der Waals surface area contributed by atoms with Crippen molar-refractivity contribution in [1.29, 1.82) is 0 Å². The quantitative estimate of drug-likeness (QED) is 0.910. The average Bonchev–Trinajstić information content (AvgIpc) is 3.14. The Morgan fingerprint density at radius 1 is 1.42 bits per heavy atom. The van der Waals surface area contributed by atoms with Crippen molar-refractivity contribution in [2.24, 2.45) is 5.92 Å². The first-order valence-electron chi connectivity index (χ1n) is 8.85. The number of amides is 2. The summed E-state index contributed by atoms with van der Waals surface area (Å²) in [6.07, 6.45) is 0.812. The first-order valence-corrected chi connectivity index (χ1v) is 8.85. The van der Waals surface area contributed by atoms with E-state index in [2.05, 4.69) is 9.97 Å². The number of carbonyl (C=O) groups excluding carboxylic acids is 2. The molecule has 0 bridgehead atoms. The van der Waals surface area contributed by atoms with Crippen LogP contribution in [0.25, 0.3) is 11.0 Å². The van der Waals surface area contributed by atoms with Crippen molar-refractivity contribution in [3.8, 4) is 0 Å². The van der Waals surface area contributed by atoms with Crippen molar-refractivity contribution < 1.29 is 14.0 Å². The van der Waals surface area contributed by atoms with Crippen LogP contribution in [0.3, 0.4) is 0 Å². The number of hydrogen-bond donors (Lipinski definition) is 1. The van der Waals surface area contributed by atoms with Gasteiger partial charge in [-0.15, -0.1) is 0 Å². The van der Waals surface area contributed by atoms with E-state index < -0.39 is 0 Å². The van der Waals surface area contributed by atoms with Crippen molar-refractivity contribution in [3.63, 3.8) is 0 Å². The van der Waals surface area contributed by atoms with Crippen molar-refractivity contribution in [3.05, 3.63) is 29.8 Å². The molecule has 1 aliphatic heterocycles. The fourth-order valence-electron chi connectivity index (χ4n) is 3.37. The molecule has 2 aromatic rings. The van der Waals surface area contributed by atoms with Crippen LogP contribution in [0, 0.1) is 11.7 Å². The largest absolute Gasteiger partial charge is 0.345 e. The fraction of sp³-hybridized carbons (Fsp3) is 0.526. The first kappa shape index (κ1) is 18.4. The Morgan fingerprint density at radius 2 is 2.15 bits per heavy atom. The second kappa shape index (κ2) is 6.70. The van der Waals surface area contributed by atoms with Gasteiger partial charge in [0, 0.05) is 38.5 Å². The van der Waals surface area contributed by atoms with Gasteiger partial charge in [-0.05, 0) is 39.0 Å². The molecule has 1 fully saturated rings. The summed E-state index contributed by atoms with van der Waals surface area (Å²) in [7, 11) is 1.74. The Morgan fingerprint density at radius 3 is 2.81 bits per heavy atom. The topological polar surface area (TPSA) is 69.3 Å². The Labute approximate surface area is 152 Å². The molecule has 1 aromatic heterocycles. The highest BCUT2D eigenvalue weighted by atomic mass is 19.1. The highest BCUT2D eigenvalue weighted by Gasteiger charge is 2.40. The first-order chi connectivity index (χ1) is 12.1. The molecule has 26 heavy (non-hydrogen) atoms. The van der Waals surface area contributed by atoms with Gasteiger partial charge in [0.1, 0.15) is 11.6 Å².